The average Bonchev–Trinajstić information content (AvgIpc) is 2.82. The third-order valence-corrected chi connectivity index (χ3v) is 4.50. The summed E-state index contributed by atoms with van der Waals surface area (Å²) in [6.45, 7) is 0. The van der Waals surface area contributed by atoms with E-state index in [0.29, 0.717) is 26.2 Å². The normalized spacial score (nSPS) is 16.2. The maximum atomic E-state index is 12.6. The topological polar surface area (TPSA) is 62.7 Å². The Morgan fingerprint density at radius 1 is 1.39 bits per heavy atom. The van der Waals surface area contributed by atoms with Crippen molar-refractivity contribution in [3.05, 3.63) is 53.2 Å². The summed E-state index contributed by atoms with van der Waals surface area (Å²) in [6, 6.07) is 8.46. The smallest absolute Gasteiger partial charge is 0.270 e. The van der Waals surface area contributed by atoms with E-state index >= 15 is 0 Å². The second kappa shape index (κ2) is 6.39. The fourth-order valence-electron chi connectivity index (χ4n) is 2.12. The average molecular weight is 344 g/mol. The van der Waals surface area contributed by atoms with Crippen LogP contribution in [0.25, 0.3) is 6.08 Å². The van der Waals surface area contributed by atoms with E-state index < -0.39 is 0 Å². The highest BCUT2D eigenvalue weighted by molar-refractivity contribution is 8.27. The lowest BCUT2D eigenvalue weighted by molar-refractivity contribution is -0.113. The monoisotopic (exact) mass is 344 g/mol. The Morgan fingerprint density at radius 3 is 2.87 bits per heavy atom. The number of nitrogens with zero attached hydrogens (tertiary/aromatic N) is 2. The SMILES string of the molecule is COc1ccc(C=C2SC(=S)N(c3cccnc3)C2=O)cc1O. The summed E-state index contributed by atoms with van der Waals surface area (Å²) in [4.78, 5) is 18.5. The molecule has 23 heavy (non-hydrogen) atoms. The van der Waals surface area contributed by atoms with Gasteiger partial charge in [0.2, 0.25) is 0 Å². The van der Waals surface area contributed by atoms with Crippen LogP contribution in [0.2, 0.25) is 0 Å². The number of hydrogen-bond acceptors (Lipinski definition) is 6. The van der Waals surface area contributed by atoms with Gasteiger partial charge in [-0.25, -0.2) is 0 Å². The Hall–Kier alpha value is -2.38. The summed E-state index contributed by atoms with van der Waals surface area (Å²) in [5.41, 5.74) is 1.32. The molecule has 0 spiro atoms. The van der Waals surface area contributed by atoms with Crippen molar-refractivity contribution in [3.8, 4) is 11.5 Å². The molecule has 1 aliphatic rings. The quantitative estimate of drug-likeness (QED) is 0.681. The second-order valence-corrected chi connectivity index (χ2v) is 6.34. The standard InChI is InChI=1S/C16H12N2O3S2/c1-21-13-5-4-10(7-12(13)19)8-14-15(20)18(16(22)23-14)11-3-2-6-17-9-11/h2-9,19H,1H3. The molecule has 1 aliphatic heterocycles. The number of carbonyl (C=O) groups excluding carboxylic acids is 1. The van der Waals surface area contributed by atoms with Gasteiger partial charge in [0.25, 0.3) is 5.91 Å². The number of phenols is 1. The molecule has 116 valence electrons. The first-order chi connectivity index (χ1) is 11.1. The minimum atomic E-state index is -0.205. The van der Waals surface area contributed by atoms with Crippen LogP contribution in [0.3, 0.4) is 0 Å². The van der Waals surface area contributed by atoms with Crippen LogP contribution in [0.1, 0.15) is 5.56 Å². The molecule has 0 bridgehead atoms. The molecule has 1 N–H and O–H groups in total. The molecule has 0 radical (unpaired) electrons. The molecule has 1 aromatic carbocycles. The molecule has 5 nitrogen and oxygen atoms in total. The zero-order chi connectivity index (χ0) is 16.4. The van der Waals surface area contributed by atoms with Crippen molar-refractivity contribution >= 4 is 46.0 Å². The number of pyridine rings is 1. The number of aromatic nitrogens is 1. The minimum Gasteiger partial charge on any atom is -0.504 e. The number of aromatic hydroxyl groups is 1. The number of thioether (sulfide) groups is 1. The fourth-order valence-corrected chi connectivity index (χ4v) is 3.42. The van der Waals surface area contributed by atoms with Gasteiger partial charge >= 0.3 is 0 Å². The Kier molecular flexibility index (Phi) is 4.31. The van der Waals surface area contributed by atoms with Crippen molar-refractivity contribution in [2.75, 3.05) is 12.0 Å². The first-order valence-corrected chi connectivity index (χ1v) is 7.87. The zero-order valence-corrected chi connectivity index (χ0v) is 13.7. The van der Waals surface area contributed by atoms with E-state index in [2.05, 4.69) is 4.98 Å². The molecule has 1 amide bonds. The third-order valence-electron chi connectivity index (χ3n) is 3.20. The summed E-state index contributed by atoms with van der Waals surface area (Å²) in [5.74, 6) is 0.192. The number of methoxy groups -OCH3 is 1. The number of hydrogen-bond donors (Lipinski definition) is 1. The third kappa shape index (κ3) is 3.06. The van der Waals surface area contributed by atoms with Crippen LogP contribution in [0, 0.1) is 0 Å². The van der Waals surface area contributed by atoms with Crippen LogP contribution in [0.4, 0.5) is 5.69 Å². The molecule has 1 fully saturated rings. The van der Waals surface area contributed by atoms with E-state index in [1.807, 2.05) is 0 Å². The Labute approximate surface area is 142 Å². The lowest BCUT2D eigenvalue weighted by atomic mass is 10.2. The van der Waals surface area contributed by atoms with Crippen molar-refractivity contribution in [3.63, 3.8) is 0 Å². The number of thiocarbonyl (C=S) groups is 1. The van der Waals surface area contributed by atoms with Gasteiger partial charge in [0, 0.05) is 6.20 Å². The number of benzene rings is 1. The van der Waals surface area contributed by atoms with Gasteiger partial charge in [-0.1, -0.05) is 30.0 Å². The summed E-state index contributed by atoms with van der Waals surface area (Å²) in [7, 11) is 1.48. The lowest BCUT2D eigenvalue weighted by Crippen LogP contribution is -2.27. The van der Waals surface area contributed by atoms with Crippen molar-refractivity contribution < 1.29 is 14.6 Å². The van der Waals surface area contributed by atoms with Gasteiger partial charge in [-0.2, -0.15) is 0 Å². The predicted octanol–water partition coefficient (Wildman–Crippen LogP) is 3.20. The highest BCUT2D eigenvalue weighted by Gasteiger charge is 2.33. The van der Waals surface area contributed by atoms with Crippen LogP contribution in [0.15, 0.2) is 47.6 Å². The van der Waals surface area contributed by atoms with Crippen LogP contribution in [-0.4, -0.2) is 27.4 Å². The Balaban J connectivity index is 1.91. The molecule has 3 rings (SSSR count). The first kappa shape index (κ1) is 15.5. The summed E-state index contributed by atoms with van der Waals surface area (Å²) in [5, 5.41) is 9.82. The summed E-state index contributed by atoms with van der Waals surface area (Å²) < 4.78 is 5.46. The highest BCUT2D eigenvalue weighted by Crippen LogP contribution is 2.36. The summed E-state index contributed by atoms with van der Waals surface area (Å²) >= 11 is 6.50. The zero-order valence-electron chi connectivity index (χ0n) is 12.1. The van der Waals surface area contributed by atoms with Crippen LogP contribution in [-0.2, 0) is 4.79 Å². The van der Waals surface area contributed by atoms with Crippen molar-refractivity contribution in [2.24, 2.45) is 0 Å². The molecule has 0 unspecified atom stereocenters. The maximum Gasteiger partial charge on any atom is 0.270 e. The first-order valence-electron chi connectivity index (χ1n) is 6.65. The molecular weight excluding hydrogens is 332 g/mol. The summed E-state index contributed by atoms with van der Waals surface area (Å²) in [6.07, 6.45) is 4.92. The van der Waals surface area contributed by atoms with Gasteiger partial charge in [0.05, 0.1) is 23.9 Å². The predicted molar refractivity (Wildman–Crippen MR) is 94.5 cm³/mol. The van der Waals surface area contributed by atoms with Crippen LogP contribution < -0.4 is 9.64 Å². The van der Waals surface area contributed by atoms with E-state index in [-0.39, 0.29) is 11.7 Å². The highest BCUT2D eigenvalue weighted by atomic mass is 32.2. The van der Waals surface area contributed by atoms with E-state index in [1.165, 1.54) is 29.8 Å². The van der Waals surface area contributed by atoms with Gasteiger partial charge in [0.1, 0.15) is 0 Å². The molecule has 0 atom stereocenters. The van der Waals surface area contributed by atoms with E-state index in [4.69, 9.17) is 17.0 Å². The largest absolute Gasteiger partial charge is 0.504 e. The Morgan fingerprint density at radius 2 is 2.22 bits per heavy atom. The molecule has 2 aromatic rings. The molecule has 1 aromatic heterocycles. The number of phenolic OH excluding ortho intramolecular Hbond substituents is 1. The second-order valence-electron chi connectivity index (χ2n) is 4.66. The minimum absolute atomic E-state index is 0.0176. The van der Waals surface area contributed by atoms with Crippen molar-refractivity contribution in [2.45, 2.75) is 0 Å². The van der Waals surface area contributed by atoms with Gasteiger partial charge in [-0.05, 0) is 35.9 Å². The van der Waals surface area contributed by atoms with Gasteiger partial charge in [-0.3, -0.25) is 14.7 Å². The van der Waals surface area contributed by atoms with Gasteiger partial charge < -0.3 is 9.84 Å². The number of anilines is 1. The molecule has 7 heteroatoms. The number of amides is 1. The molecule has 0 aliphatic carbocycles. The lowest BCUT2D eigenvalue weighted by Gasteiger charge is -2.13. The number of carbonyl (C=O) groups is 1. The Bertz CT molecular complexity index is 806. The molecule has 0 saturated carbocycles. The van der Waals surface area contributed by atoms with Crippen molar-refractivity contribution in [1.29, 1.82) is 0 Å². The molecular formula is C16H12N2O3S2. The molecule has 2 heterocycles. The maximum absolute atomic E-state index is 12.6. The molecule has 1 saturated heterocycles. The van der Waals surface area contributed by atoms with Crippen LogP contribution >= 0.6 is 24.0 Å². The van der Waals surface area contributed by atoms with Gasteiger partial charge in [0.15, 0.2) is 15.8 Å². The van der Waals surface area contributed by atoms with Crippen LogP contribution in [0.5, 0.6) is 11.5 Å². The van der Waals surface area contributed by atoms with Crippen molar-refractivity contribution in [1.82, 2.24) is 4.98 Å². The fraction of sp³-hybridized carbons (Fsp3) is 0.0625. The van der Waals surface area contributed by atoms with E-state index in [0.717, 1.165) is 0 Å². The van der Waals surface area contributed by atoms with Gasteiger partial charge in [-0.15, -0.1) is 0 Å². The van der Waals surface area contributed by atoms with E-state index in [9.17, 15) is 9.90 Å². The number of ether oxygens (including phenoxy) is 1. The van der Waals surface area contributed by atoms with E-state index in [1.54, 1.807) is 42.7 Å². The number of rotatable bonds is 3.